The van der Waals surface area contributed by atoms with E-state index in [1.165, 1.54) is 0 Å². The van der Waals surface area contributed by atoms with Crippen molar-refractivity contribution in [3.05, 3.63) is 0 Å². The quantitative estimate of drug-likeness (QED) is 0.744. The largest absolute Gasteiger partial charge is 0.444 e. The summed E-state index contributed by atoms with van der Waals surface area (Å²) in [4.78, 5) is 25.2. The zero-order valence-electron chi connectivity index (χ0n) is 12.8. The molecule has 1 atom stereocenters. The number of amides is 2. The van der Waals surface area contributed by atoms with Crippen LogP contribution in [0.2, 0.25) is 0 Å². The molecule has 0 aromatic rings. The molecule has 0 spiro atoms. The summed E-state index contributed by atoms with van der Waals surface area (Å²) in [6.45, 7) is 7.56. The van der Waals surface area contributed by atoms with Crippen molar-refractivity contribution < 1.29 is 14.3 Å². The molecule has 0 aliphatic carbocycles. The van der Waals surface area contributed by atoms with E-state index in [2.05, 4.69) is 5.32 Å². The molecule has 6 nitrogen and oxygen atoms in total. The SMILES string of the molecule is CC(C)(C)OC(=O)NCCCC(N)C(=O)N1CCCC1. The Bertz CT molecular complexity index is 333. The number of likely N-dealkylation sites (tertiary alicyclic amines) is 1. The first-order valence-corrected chi connectivity index (χ1v) is 7.31. The van der Waals surface area contributed by atoms with Crippen LogP contribution < -0.4 is 11.1 Å². The zero-order valence-corrected chi connectivity index (χ0v) is 12.8. The van der Waals surface area contributed by atoms with Crippen molar-refractivity contribution in [3.8, 4) is 0 Å². The van der Waals surface area contributed by atoms with Crippen molar-refractivity contribution in [3.63, 3.8) is 0 Å². The summed E-state index contributed by atoms with van der Waals surface area (Å²) in [7, 11) is 0. The van der Waals surface area contributed by atoms with E-state index in [4.69, 9.17) is 10.5 Å². The van der Waals surface area contributed by atoms with Gasteiger partial charge >= 0.3 is 6.09 Å². The Kier molecular flexibility index (Phi) is 6.26. The van der Waals surface area contributed by atoms with E-state index in [1.54, 1.807) is 0 Å². The minimum absolute atomic E-state index is 0.0276. The lowest BCUT2D eigenvalue weighted by atomic mass is 10.1. The van der Waals surface area contributed by atoms with Crippen LogP contribution in [-0.2, 0) is 9.53 Å². The molecule has 0 bridgehead atoms. The smallest absolute Gasteiger partial charge is 0.407 e. The van der Waals surface area contributed by atoms with Gasteiger partial charge in [0.1, 0.15) is 5.60 Å². The van der Waals surface area contributed by atoms with Gasteiger partial charge in [0, 0.05) is 19.6 Å². The summed E-state index contributed by atoms with van der Waals surface area (Å²) >= 11 is 0. The first kappa shape index (κ1) is 16.8. The highest BCUT2D eigenvalue weighted by Gasteiger charge is 2.23. The van der Waals surface area contributed by atoms with E-state index in [9.17, 15) is 9.59 Å². The maximum absolute atomic E-state index is 11.9. The second-order valence-corrected chi connectivity index (χ2v) is 6.21. The van der Waals surface area contributed by atoms with E-state index < -0.39 is 17.7 Å². The monoisotopic (exact) mass is 285 g/mol. The fourth-order valence-electron chi connectivity index (χ4n) is 2.12. The van der Waals surface area contributed by atoms with Crippen LogP contribution in [0.4, 0.5) is 4.79 Å². The fraction of sp³-hybridized carbons (Fsp3) is 0.857. The normalized spacial score (nSPS) is 16.9. The molecule has 1 heterocycles. The van der Waals surface area contributed by atoms with Gasteiger partial charge in [0.05, 0.1) is 6.04 Å². The highest BCUT2D eigenvalue weighted by atomic mass is 16.6. The lowest BCUT2D eigenvalue weighted by molar-refractivity contribution is -0.131. The molecule has 3 N–H and O–H groups in total. The number of nitrogens with one attached hydrogen (secondary N) is 1. The Labute approximate surface area is 121 Å². The van der Waals surface area contributed by atoms with Crippen LogP contribution in [0.25, 0.3) is 0 Å². The summed E-state index contributed by atoms with van der Waals surface area (Å²) in [6.07, 6.45) is 2.94. The maximum Gasteiger partial charge on any atom is 0.407 e. The third kappa shape index (κ3) is 6.23. The molecule has 1 unspecified atom stereocenters. The summed E-state index contributed by atoms with van der Waals surface area (Å²) in [5.41, 5.74) is 5.39. The average Bonchev–Trinajstić information content (AvgIpc) is 2.84. The molecule has 1 aliphatic heterocycles. The average molecular weight is 285 g/mol. The number of nitrogens with two attached hydrogens (primary N) is 1. The van der Waals surface area contributed by atoms with Crippen LogP contribution in [0.3, 0.4) is 0 Å². The topological polar surface area (TPSA) is 84.7 Å². The van der Waals surface area contributed by atoms with Gasteiger partial charge < -0.3 is 20.7 Å². The highest BCUT2D eigenvalue weighted by Crippen LogP contribution is 2.10. The molecular weight excluding hydrogens is 258 g/mol. The minimum Gasteiger partial charge on any atom is -0.444 e. The number of hydrogen-bond acceptors (Lipinski definition) is 4. The molecule has 0 radical (unpaired) electrons. The molecule has 1 aliphatic rings. The maximum atomic E-state index is 11.9. The Balaban J connectivity index is 2.14. The second kappa shape index (κ2) is 7.47. The minimum atomic E-state index is -0.494. The van der Waals surface area contributed by atoms with Crippen molar-refractivity contribution in [2.24, 2.45) is 5.73 Å². The number of rotatable bonds is 5. The van der Waals surface area contributed by atoms with E-state index in [1.807, 2.05) is 25.7 Å². The zero-order chi connectivity index (χ0) is 15.2. The van der Waals surface area contributed by atoms with Gasteiger partial charge in [-0.05, 0) is 46.5 Å². The van der Waals surface area contributed by atoms with Crippen molar-refractivity contribution in [2.75, 3.05) is 19.6 Å². The molecule has 2 amide bonds. The first-order chi connectivity index (χ1) is 9.29. The third-order valence-corrected chi connectivity index (χ3v) is 3.10. The van der Waals surface area contributed by atoms with Gasteiger partial charge in [-0.25, -0.2) is 4.79 Å². The van der Waals surface area contributed by atoms with Crippen LogP contribution >= 0.6 is 0 Å². The van der Waals surface area contributed by atoms with Gasteiger partial charge in [0.15, 0.2) is 0 Å². The predicted molar refractivity (Wildman–Crippen MR) is 77.3 cm³/mol. The number of hydrogen-bond donors (Lipinski definition) is 2. The van der Waals surface area contributed by atoms with Crippen molar-refractivity contribution in [2.45, 2.75) is 58.1 Å². The molecule has 0 aromatic heterocycles. The Hall–Kier alpha value is -1.30. The molecular formula is C14H27N3O3. The van der Waals surface area contributed by atoms with E-state index >= 15 is 0 Å². The number of nitrogens with zero attached hydrogens (tertiary/aromatic N) is 1. The Morgan fingerprint density at radius 2 is 1.90 bits per heavy atom. The number of carbonyl (C=O) groups excluding carboxylic acids is 2. The standard InChI is InChI=1S/C14H27N3O3/c1-14(2,3)20-13(19)16-8-6-7-11(15)12(18)17-9-4-5-10-17/h11H,4-10,15H2,1-3H3,(H,16,19). The number of ether oxygens (including phenoxy) is 1. The van der Waals surface area contributed by atoms with Crippen LogP contribution in [0.15, 0.2) is 0 Å². The van der Waals surface area contributed by atoms with Gasteiger partial charge in [-0.15, -0.1) is 0 Å². The van der Waals surface area contributed by atoms with Gasteiger partial charge in [-0.3, -0.25) is 4.79 Å². The van der Waals surface area contributed by atoms with E-state index in [0.29, 0.717) is 19.4 Å². The van der Waals surface area contributed by atoms with E-state index in [0.717, 1.165) is 25.9 Å². The van der Waals surface area contributed by atoms with Crippen molar-refractivity contribution >= 4 is 12.0 Å². The Morgan fingerprint density at radius 1 is 1.30 bits per heavy atom. The van der Waals surface area contributed by atoms with Crippen molar-refractivity contribution in [1.82, 2.24) is 10.2 Å². The van der Waals surface area contributed by atoms with Crippen LogP contribution in [0, 0.1) is 0 Å². The molecule has 1 rings (SSSR count). The number of carbonyl (C=O) groups is 2. The third-order valence-electron chi connectivity index (χ3n) is 3.10. The predicted octanol–water partition coefficient (Wildman–Crippen LogP) is 1.24. The van der Waals surface area contributed by atoms with Gasteiger partial charge in [-0.2, -0.15) is 0 Å². The highest BCUT2D eigenvalue weighted by molar-refractivity contribution is 5.81. The molecule has 0 saturated carbocycles. The lowest BCUT2D eigenvalue weighted by Crippen LogP contribution is -2.42. The molecule has 116 valence electrons. The van der Waals surface area contributed by atoms with Crippen LogP contribution in [-0.4, -0.2) is 48.2 Å². The van der Waals surface area contributed by atoms with E-state index in [-0.39, 0.29) is 5.91 Å². The van der Waals surface area contributed by atoms with Gasteiger partial charge in [0.25, 0.3) is 0 Å². The summed E-state index contributed by atoms with van der Waals surface area (Å²) in [5.74, 6) is 0.0276. The molecule has 1 saturated heterocycles. The van der Waals surface area contributed by atoms with Gasteiger partial charge in [-0.1, -0.05) is 0 Å². The molecule has 20 heavy (non-hydrogen) atoms. The Morgan fingerprint density at radius 3 is 2.45 bits per heavy atom. The fourth-order valence-corrected chi connectivity index (χ4v) is 2.12. The van der Waals surface area contributed by atoms with Crippen LogP contribution in [0.5, 0.6) is 0 Å². The first-order valence-electron chi connectivity index (χ1n) is 7.31. The molecule has 6 heteroatoms. The number of alkyl carbamates (subject to hydrolysis) is 1. The van der Waals surface area contributed by atoms with Gasteiger partial charge in [0.2, 0.25) is 5.91 Å². The molecule has 0 aromatic carbocycles. The molecule has 1 fully saturated rings. The van der Waals surface area contributed by atoms with Crippen molar-refractivity contribution in [1.29, 1.82) is 0 Å². The lowest BCUT2D eigenvalue weighted by Gasteiger charge is -2.21. The summed E-state index contributed by atoms with van der Waals surface area (Å²) in [5, 5.41) is 2.66. The second-order valence-electron chi connectivity index (χ2n) is 6.21. The summed E-state index contributed by atoms with van der Waals surface area (Å²) in [6, 6.07) is -0.464. The summed E-state index contributed by atoms with van der Waals surface area (Å²) < 4.78 is 5.12. The van der Waals surface area contributed by atoms with Crippen LogP contribution in [0.1, 0.15) is 46.5 Å².